The number of nitrogens with two attached hydrogens (primary N) is 1. The van der Waals surface area contributed by atoms with E-state index in [1.807, 2.05) is 39.0 Å². The Balaban J connectivity index is 0.00000256. The number of nitrogens with one attached hydrogen (secondary N) is 1. The van der Waals surface area contributed by atoms with Crippen molar-refractivity contribution in [2.75, 3.05) is 5.32 Å². The van der Waals surface area contributed by atoms with Crippen LogP contribution in [0.25, 0.3) is 0 Å². The van der Waals surface area contributed by atoms with Gasteiger partial charge in [0.05, 0.1) is 6.04 Å². The lowest BCUT2D eigenvalue weighted by atomic mass is 10.0. The van der Waals surface area contributed by atoms with Gasteiger partial charge in [-0.25, -0.2) is 0 Å². The molecule has 0 saturated carbocycles. The van der Waals surface area contributed by atoms with Gasteiger partial charge in [-0.15, -0.1) is 12.4 Å². The van der Waals surface area contributed by atoms with E-state index >= 15 is 0 Å². The largest absolute Gasteiger partial charge is 0.325 e. The average molecular weight is 322 g/mol. The quantitative estimate of drug-likeness (QED) is 0.899. The van der Waals surface area contributed by atoms with E-state index in [-0.39, 0.29) is 24.2 Å². The molecule has 0 radical (unpaired) electrons. The van der Waals surface area contributed by atoms with Crippen molar-refractivity contribution < 1.29 is 4.79 Å². The van der Waals surface area contributed by atoms with Gasteiger partial charge >= 0.3 is 0 Å². The van der Waals surface area contributed by atoms with Gasteiger partial charge in [0.25, 0.3) is 0 Å². The van der Waals surface area contributed by atoms with Gasteiger partial charge in [0.2, 0.25) is 5.91 Å². The number of benzene rings is 1. The summed E-state index contributed by atoms with van der Waals surface area (Å²) in [5, 5.41) is 2.80. The van der Waals surface area contributed by atoms with Gasteiger partial charge in [0, 0.05) is 10.2 Å². The van der Waals surface area contributed by atoms with Crippen LogP contribution >= 0.6 is 28.3 Å². The summed E-state index contributed by atoms with van der Waals surface area (Å²) in [6.07, 6.45) is 0. The molecule has 0 aromatic heterocycles. The van der Waals surface area contributed by atoms with E-state index in [9.17, 15) is 4.79 Å². The van der Waals surface area contributed by atoms with Crippen molar-refractivity contribution in [1.82, 2.24) is 0 Å². The zero-order valence-electron chi connectivity index (χ0n) is 10.2. The second kappa shape index (κ2) is 6.99. The molecule has 0 heterocycles. The Labute approximate surface area is 117 Å². The molecule has 1 aromatic rings. The van der Waals surface area contributed by atoms with Gasteiger partial charge in [-0.05, 0) is 30.5 Å². The van der Waals surface area contributed by atoms with Crippen molar-refractivity contribution in [3.8, 4) is 0 Å². The summed E-state index contributed by atoms with van der Waals surface area (Å²) in [4.78, 5) is 11.7. The van der Waals surface area contributed by atoms with E-state index in [2.05, 4.69) is 21.2 Å². The number of carbonyl (C=O) groups is 1. The second-order valence-corrected chi connectivity index (χ2v) is 5.08. The minimum absolute atomic E-state index is 0. The first-order valence-corrected chi connectivity index (χ1v) is 6.03. The molecule has 5 heteroatoms. The molecule has 0 aliphatic carbocycles. The van der Waals surface area contributed by atoms with Crippen LogP contribution in [0, 0.1) is 12.8 Å². The molecular weight excluding hydrogens is 304 g/mol. The maximum atomic E-state index is 11.7. The fraction of sp³-hybridized carbons (Fsp3) is 0.417. The number of amides is 1. The lowest BCUT2D eigenvalue weighted by Crippen LogP contribution is -2.39. The predicted octanol–water partition coefficient (Wildman–Crippen LogP) is 3.10. The van der Waals surface area contributed by atoms with Gasteiger partial charge in [0.1, 0.15) is 0 Å². The predicted molar refractivity (Wildman–Crippen MR) is 77.6 cm³/mol. The van der Waals surface area contributed by atoms with Gasteiger partial charge < -0.3 is 11.1 Å². The van der Waals surface area contributed by atoms with Gasteiger partial charge in [-0.2, -0.15) is 0 Å². The van der Waals surface area contributed by atoms with Crippen LogP contribution < -0.4 is 11.1 Å². The van der Waals surface area contributed by atoms with Crippen molar-refractivity contribution in [1.29, 1.82) is 0 Å². The number of rotatable bonds is 3. The minimum atomic E-state index is -0.472. The Bertz CT molecular complexity index is 396. The van der Waals surface area contributed by atoms with E-state index in [1.54, 1.807) is 0 Å². The third kappa shape index (κ3) is 4.66. The Morgan fingerprint density at radius 1 is 1.41 bits per heavy atom. The smallest absolute Gasteiger partial charge is 0.241 e. The molecule has 0 aliphatic heterocycles. The van der Waals surface area contributed by atoms with Crippen LogP contribution in [0.3, 0.4) is 0 Å². The van der Waals surface area contributed by atoms with E-state index in [4.69, 9.17) is 5.73 Å². The van der Waals surface area contributed by atoms with Crippen molar-refractivity contribution in [2.24, 2.45) is 11.7 Å². The Morgan fingerprint density at radius 3 is 2.47 bits per heavy atom. The highest BCUT2D eigenvalue weighted by Gasteiger charge is 2.17. The standard InChI is InChI=1S/C12H17BrN2O.ClH/c1-7(2)11(14)12(16)15-9-5-4-8(3)10(13)6-9;/h4-7,11H,14H2,1-3H3,(H,15,16);1H/t11-;/m1./s1. The first-order chi connectivity index (χ1) is 7.41. The molecule has 0 unspecified atom stereocenters. The number of anilines is 1. The molecular formula is C12H18BrClN2O. The zero-order valence-corrected chi connectivity index (χ0v) is 12.6. The second-order valence-electron chi connectivity index (χ2n) is 4.22. The zero-order chi connectivity index (χ0) is 12.3. The molecule has 3 nitrogen and oxygen atoms in total. The third-order valence-corrected chi connectivity index (χ3v) is 3.31. The number of hydrogen-bond donors (Lipinski definition) is 2. The van der Waals surface area contributed by atoms with Gasteiger partial charge in [-0.1, -0.05) is 35.8 Å². The first kappa shape index (κ1) is 16.4. The fourth-order valence-corrected chi connectivity index (χ4v) is 1.58. The van der Waals surface area contributed by atoms with Crippen LogP contribution in [0.4, 0.5) is 5.69 Å². The van der Waals surface area contributed by atoms with E-state index in [1.165, 1.54) is 0 Å². The minimum Gasteiger partial charge on any atom is -0.325 e. The van der Waals surface area contributed by atoms with E-state index < -0.39 is 6.04 Å². The highest BCUT2D eigenvalue weighted by Crippen LogP contribution is 2.20. The lowest BCUT2D eigenvalue weighted by molar-refractivity contribution is -0.118. The molecule has 0 bridgehead atoms. The molecule has 96 valence electrons. The van der Waals surface area contributed by atoms with Crippen LogP contribution in [-0.2, 0) is 4.79 Å². The fourth-order valence-electron chi connectivity index (χ4n) is 1.20. The van der Waals surface area contributed by atoms with Crippen LogP contribution in [0.5, 0.6) is 0 Å². The SMILES string of the molecule is Cc1ccc(NC(=O)[C@H](N)C(C)C)cc1Br.Cl. The molecule has 0 aliphatic rings. The summed E-state index contributed by atoms with van der Waals surface area (Å²) < 4.78 is 0.975. The van der Waals surface area contributed by atoms with Gasteiger partial charge in [0.15, 0.2) is 0 Å². The Hall–Kier alpha value is -0.580. The van der Waals surface area contributed by atoms with Crippen molar-refractivity contribution in [3.63, 3.8) is 0 Å². The van der Waals surface area contributed by atoms with Crippen molar-refractivity contribution >= 4 is 39.9 Å². The van der Waals surface area contributed by atoms with E-state index in [0.717, 1.165) is 15.7 Å². The normalized spacial score (nSPS) is 11.9. The maximum Gasteiger partial charge on any atom is 0.241 e. The third-order valence-electron chi connectivity index (χ3n) is 2.46. The average Bonchev–Trinajstić information content (AvgIpc) is 2.22. The Morgan fingerprint density at radius 2 is 2.00 bits per heavy atom. The summed E-state index contributed by atoms with van der Waals surface area (Å²) in [6.45, 7) is 5.85. The molecule has 0 fully saturated rings. The number of carbonyl (C=O) groups excluding carboxylic acids is 1. The molecule has 1 rings (SSSR count). The highest BCUT2D eigenvalue weighted by molar-refractivity contribution is 9.10. The molecule has 1 amide bonds. The summed E-state index contributed by atoms with van der Waals surface area (Å²) >= 11 is 3.42. The van der Waals surface area contributed by atoms with Crippen molar-refractivity contribution in [2.45, 2.75) is 26.8 Å². The van der Waals surface area contributed by atoms with Crippen LogP contribution in [0.2, 0.25) is 0 Å². The van der Waals surface area contributed by atoms with Crippen LogP contribution in [0.15, 0.2) is 22.7 Å². The number of hydrogen-bond acceptors (Lipinski definition) is 2. The number of aryl methyl sites for hydroxylation is 1. The summed E-state index contributed by atoms with van der Waals surface area (Å²) in [5.74, 6) is -0.0142. The number of halogens is 2. The highest BCUT2D eigenvalue weighted by atomic mass is 79.9. The van der Waals surface area contributed by atoms with Gasteiger partial charge in [-0.3, -0.25) is 4.79 Å². The summed E-state index contributed by atoms with van der Waals surface area (Å²) in [7, 11) is 0. The molecule has 17 heavy (non-hydrogen) atoms. The molecule has 1 aromatic carbocycles. The lowest BCUT2D eigenvalue weighted by Gasteiger charge is -2.15. The summed E-state index contributed by atoms with van der Waals surface area (Å²) in [5.41, 5.74) is 7.65. The molecule has 0 saturated heterocycles. The molecule has 0 spiro atoms. The topological polar surface area (TPSA) is 55.1 Å². The van der Waals surface area contributed by atoms with Crippen LogP contribution in [0.1, 0.15) is 19.4 Å². The molecule has 1 atom stereocenters. The summed E-state index contributed by atoms with van der Waals surface area (Å²) in [6, 6.07) is 5.21. The van der Waals surface area contributed by atoms with Crippen LogP contribution in [-0.4, -0.2) is 11.9 Å². The van der Waals surface area contributed by atoms with Crippen molar-refractivity contribution in [3.05, 3.63) is 28.2 Å². The molecule has 3 N–H and O–H groups in total. The first-order valence-electron chi connectivity index (χ1n) is 5.24. The maximum absolute atomic E-state index is 11.7. The Kier molecular flexibility index (Phi) is 6.75. The van der Waals surface area contributed by atoms with E-state index in [0.29, 0.717) is 0 Å². The monoisotopic (exact) mass is 320 g/mol.